The number of rotatable bonds is 3. The minimum absolute atomic E-state index is 0.0543. The molecule has 2 aliphatic rings. The van der Waals surface area contributed by atoms with Gasteiger partial charge in [-0.1, -0.05) is 11.6 Å². The summed E-state index contributed by atoms with van der Waals surface area (Å²) < 4.78 is 5.70. The van der Waals surface area contributed by atoms with Crippen LogP contribution in [0, 0.1) is 0 Å². The van der Waals surface area contributed by atoms with Gasteiger partial charge in [0.25, 0.3) is 5.91 Å². The summed E-state index contributed by atoms with van der Waals surface area (Å²) in [5.41, 5.74) is 2.58. The molecule has 2 saturated heterocycles. The van der Waals surface area contributed by atoms with Gasteiger partial charge in [0.05, 0.1) is 23.3 Å². The highest BCUT2D eigenvalue weighted by Gasteiger charge is 2.41. The maximum Gasteiger partial charge on any atom is 0.271 e. The maximum absolute atomic E-state index is 12.2. The van der Waals surface area contributed by atoms with Crippen LogP contribution in [0.5, 0.6) is 0 Å². The van der Waals surface area contributed by atoms with E-state index in [-0.39, 0.29) is 29.9 Å². The number of nitrogens with two attached hydrogens (primary N) is 1. The number of nitrogens with one attached hydrogen (secondary N) is 2. The first-order chi connectivity index (χ1) is 9.17. The first-order valence-electron chi connectivity index (χ1n) is 6.27. The van der Waals surface area contributed by atoms with Crippen molar-refractivity contribution in [3.63, 3.8) is 0 Å². The topological polar surface area (TPSA) is 89.3 Å². The third-order valence-corrected chi connectivity index (χ3v) is 3.94. The van der Waals surface area contributed by atoms with Crippen molar-refractivity contribution in [2.75, 3.05) is 5.43 Å². The number of hydrogen-bond acceptors (Lipinski definition) is 5. The number of ether oxygens (including phenoxy) is 1. The van der Waals surface area contributed by atoms with Crippen LogP contribution < -0.4 is 16.6 Å². The summed E-state index contributed by atoms with van der Waals surface area (Å²) in [4.78, 5) is 16.3. The molecule has 7 heteroatoms. The van der Waals surface area contributed by atoms with E-state index in [0.717, 1.165) is 19.3 Å². The molecule has 1 aromatic rings. The Hall–Kier alpha value is -1.37. The minimum Gasteiger partial charge on any atom is -0.373 e. The largest absolute Gasteiger partial charge is 0.373 e. The number of pyridine rings is 1. The van der Waals surface area contributed by atoms with E-state index in [9.17, 15) is 4.79 Å². The number of hydrazine groups is 1. The normalized spacial score (nSPS) is 28.4. The Morgan fingerprint density at radius 1 is 1.47 bits per heavy atom. The highest BCUT2D eigenvalue weighted by atomic mass is 35.5. The van der Waals surface area contributed by atoms with Crippen LogP contribution in [0.2, 0.25) is 5.02 Å². The second-order valence-corrected chi connectivity index (χ2v) is 5.27. The summed E-state index contributed by atoms with van der Waals surface area (Å²) in [7, 11) is 0. The lowest BCUT2D eigenvalue weighted by Crippen LogP contribution is -2.41. The first-order valence-corrected chi connectivity index (χ1v) is 6.64. The van der Waals surface area contributed by atoms with Crippen LogP contribution in [0.3, 0.4) is 0 Å². The van der Waals surface area contributed by atoms with Gasteiger partial charge in [-0.15, -0.1) is 0 Å². The van der Waals surface area contributed by atoms with Crippen molar-refractivity contribution in [1.82, 2.24) is 10.3 Å². The van der Waals surface area contributed by atoms with Crippen LogP contribution in [0.1, 0.15) is 29.8 Å². The molecule has 3 atom stereocenters. The smallest absolute Gasteiger partial charge is 0.271 e. The molecule has 0 aliphatic carbocycles. The number of fused-ring (bicyclic) bond motifs is 2. The first kappa shape index (κ1) is 12.7. The lowest BCUT2D eigenvalue weighted by Gasteiger charge is -2.20. The number of anilines is 1. The van der Waals surface area contributed by atoms with E-state index < -0.39 is 0 Å². The fourth-order valence-corrected chi connectivity index (χ4v) is 2.90. The summed E-state index contributed by atoms with van der Waals surface area (Å²) in [6.45, 7) is 0. The van der Waals surface area contributed by atoms with Gasteiger partial charge in [-0.3, -0.25) is 4.79 Å². The number of nitrogen functional groups attached to an aromatic ring is 1. The molecule has 0 radical (unpaired) electrons. The van der Waals surface area contributed by atoms with Crippen molar-refractivity contribution in [2.45, 2.75) is 37.5 Å². The van der Waals surface area contributed by atoms with Gasteiger partial charge < -0.3 is 15.5 Å². The number of amides is 1. The molecule has 6 nitrogen and oxygen atoms in total. The van der Waals surface area contributed by atoms with Crippen molar-refractivity contribution in [1.29, 1.82) is 0 Å². The van der Waals surface area contributed by atoms with Crippen LogP contribution in [-0.2, 0) is 4.74 Å². The van der Waals surface area contributed by atoms with Gasteiger partial charge in [0.2, 0.25) is 0 Å². The molecule has 3 heterocycles. The number of halogens is 1. The summed E-state index contributed by atoms with van der Waals surface area (Å²) in [6.07, 6.45) is 3.37. The molecule has 2 aliphatic heterocycles. The summed E-state index contributed by atoms with van der Waals surface area (Å²) >= 11 is 5.99. The molecule has 4 N–H and O–H groups in total. The van der Waals surface area contributed by atoms with E-state index in [1.165, 1.54) is 0 Å². The zero-order valence-electron chi connectivity index (χ0n) is 10.2. The zero-order valence-corrected chi connectivity index (χ0v) is 11.0. The Labute approximate surface area is 115 Å². The fraction of sp³-hybridized carbons (Fsp3) is 0.500. The molecule has 102 valence electrons. The van der Waals surface area contributed by atoms with Gasteiger partial charge in [-0.2, -0.15) is 0 Å². The number of hydrogen-bond donors (Lipinski definition) is 3. The van der Waals surface area contributed by atoms with Crippen LogP contribution >= 0.6 is 11.6 Å². The molecule has 2 bridgehead atoms. The SMILES string of the molecule is NNc1ccc(Cl)c(C(=O)NC2CC3CCC2O3)n1. The molecule has 2 fully saturated rings. The van der Waals surface area contributed by atoms with Crippen LogP contribution in [0.4, 0.5) is 5.82 Å². The van der Waals surface area contributed by atoms with Crippen LogP contribution in [0.25, 0.3) is 0 Å². The number of carbonyl (C=O) groups is 1. The van der Waals surface area contributed by atoms with Gasteiger partial charge >= 0.3 is 0 Å². The summed E-state index contributed by atoms with van der Waals surface area (Å²) in [5, 5.41) is 3.25. The number of nitrogens with zero attached hydrogens (tertiary/aromatic N) is 1. The van der Waals surface area contributed by atoms with Gasteiger partial charge in [0.15, 0.2) is 0 Å². The van der Waals surface area contributed by atoms with Crippen LogP contribution in [-0.4, -0.2) is 29.1 Å². The number of carbonyl (C=O) groups excluding carboxylic acids is 1. The van der Waals surface area contributed by atoms with Crippen molar-refractivity contribution in [2.24, 2.45) is 5.84 Å². The Morgan fingerprint density at radius 2 is 2.32 bits per heavy atom. The average Bonchev–Trinajstić information content (AvgIpc) is 3.01. The van der Waals surface area contributed by atoms with E-state index in [1.807, 2.05) is 0 Å². The Morgan fingerprint density at radius 3 is 2.95 bits per heavy atom. The van der Waals surface area contributed by atoms with Crippen molar-refractivity contribution < 1.29 is 9.53 Å². The van der Waals surface area contributed by atoms with Gasteiger partial charge in [0, 0.05) is 0 Å². The summed E-state index contributed by atoms with van der Waals surface area (Å²) in [5.74, 6) is 5.39. The highest BCUT2D eigenvalue weighted by molar-refractivity contribution is 6.33. The maximum atomic E-state index is 12.2. The Kier molecular flexibility index (Phi) is 3.30. The van der Waals surface area contributed by atoms with Gasteiger partial charge in [0.1, 0.15) is 11.5 Å². The molecule has 0 spiro atoms. The monoisotopic (exact) mass is 282 g/mol. The molecular formula is C12H15ClN4O2. The molecule has 1 amide bonds. The third kappa shape index (κ3) is 2.39. The molecule has 19 heavy (non-hydrogen) atoms. The quantitative estimate of drug-likeness (QED) is 0.570. The summed E-state index contributed by atoms with van der Waals surface area (Å²) in [6, 6.07) is 3.26. The Balaban J connectivity index is 1.73. The second kappa shape index (κ2) is 4.96. The molecule has 0 aromatic carbocycles. The third-order valence-electron chi connectivity index (χ3n) is 3.63. The zero-order chi connectivity index (χ0) is 13.4. The van der Waals surface area contributed by atoms with Crippen molar-refractivity contribution >= 4 is 23.3 Å². The average molecular weight is 283 g/mol. The predicted octanol–water partition coefficient (Wildman–Crippen LogP) is 1.07. The number of aromatic nitrogens is 1. The fourth-order valence-electron chi connectivity index (χ4n) is 2.71. The van der Waals surface area contributed by atoms with Crippen LogP contribution in [0.15, 0.2) is 12.1 Å². The molecule has 3 unspecified atom stereocenters. The van der Waals surface area contributed by atoms with E-state index in [0.29, 0.717) is 10.8 Å². The van der Waals surface area contributed by atoms with E-state index >= 15 is 0 Å². The predicted molar refractivity (Wildman–Crippen MR) is 70.8 cm³/mol. The van der Waals surface area contributed by atoms with E-state index in [4.69, 9.17) is 22.2 Å². The Bertz CT molecular complexity index is 511. The second-order valence-electron chi connectivity index (χ2n) is 4.86. The molecule has 3 rings (SSSR count). The van der Waals surface area contributed by atoms with Crippen molar-refractivity contribution in [3.05, 3.63) is 22.8 Å². The molecule has 1 aromatic heterocycles. The molecular weight excluding hydrogens is 268 g/mol. The minimum atomic E-state index is -0.289. The standard InChI is InChI=1S/C12H15ClN4O2/c13-7-2-4-10(17-14)16-11(7)12(18)15-8-5-6-1-3-9(8)19-6/h2,4,6,8-9H,1,3,5,14H2,(H,15,18)(H,16,17). The lowest BCUT2D eigenvalue weighted by molar-refractivity contribution is 0.0837. The lowest BCUT2D eigenvalue weighted by atomic mass is 9.95. The van der Waals surface area contributed by atoms with Gasteiger partial charge in [-0.05, 0) is 31.4 Å². The van der Waals surface area contributed by atoms with E-state index in [1.54, 1.807) is 12.1 Å². The molecule has 0 saturated carbocycles. The van der Waals surface area contributed by atoms with Crippen molar-refractivity contribution in [3.8, 4) is 0 Å². The highest BCUT2D eigenvalue weighted by Crippen LogP contribution is 2.34. The van der Waals surface area contributed by atoms with Gasteiger partial charge in [-0.25, -0.2) is 10.8 Å². The van der Waals surface area contributed by atoms with E-state index in [2.05, 4.69) is 15.7 Å².